The molecule has 2 aliphatic rings. The third kappa shape index (κ3) is 2.70. The van der Waals surface area contributed by atoms with Crippen molar-refractivity contribution in [3.63, 3.8) is 0 Å². The zero-order chi connectivity index (χ0) is 19.3. The molecule has 1 N–H and O–H groups in total. The number of ether oxygens (including phenoxy) is 2. The molecule has 142 valence electrons. The smallest absolute Gasteiger partial charge is 0.261 e. The van der Waals surface area contributed by atoms with Crippen LogP contribution in [0.15, 0.2) is 41.2 Å². The average Bonchev–Trinajstić information content (AvgIpc) is 3.36. The second-order valence-corrected chi connectivity index (χ2v) is 7.13. The minimum Gasteiger partial charge on any atom is -0.454 e. The Hall–Kier alpha value is -3.35. The number of fused-ring (bicyclic) bond motifs is 3. The van der Waals surface area contributed by atoms with E-state index in [-0.39, 0.29) is 24.3 Å². The molecule has 0 saturated carbocycles. The highest BCUT2D eigenvalue weighted by Gasteiger charge is 2.19. The lowest BCUT2D eigenvalue weighted by Crippen LogP contribution is -2.27. The van der Waals surface area contributed by atoms with Crippen molar-refractivity contribution < 1.29 is 14.3 Å². The van der Waals surface area contributed by atoms with E-state index >= 15 is 0 Å². The molecule has 0 radical (unpaired) electrons. The molecule has 28 heavy (non-hydrogen) atoms. The maximum Gasteiger partial charge on any atom is 0.261 e. The molecular weight excluding hydrogens is 358 g/mol. The largest absolute Gasteiger partial charge is 0.454 e. The van der Waals surface area contributed by atoms with Crippen LogP contribution in [0.2, 0.25) is 0 Å². The minimum atomic E-state index is -0.213. The summed E-state index contributed by atoms with van der Waals surface area (Å²) in [5.74, 6) is 1.97. The third-order valence-corrected chi connectivity index (χ3v) is 5.32. The molecule has 2 aromatic carbocycles. The number of rotatable bonds is 3. The van der Waals surface area contributed by atoms with Crippen LogP contribution in [-0.4, -0.2) is 22.3 Å². The van der Waals surface area contributed by atoms with Gasteiger partial charge in [-0.05, 0) is 49.2 Å². The number of carbonyl (C=O) groups is 1. The maximum atomic E-state index is 12.7. The first-order chi connectivity index (χ1) is 13.6. The molecule has 7 nitrogen and oxygen atoms in total. The minimum absolute atomic E-state index is 0.0295. The number of nitrogens with one attached hydrogen (secondary N) is 1. The summed E-state index contributed by atoms with van der Waals surface area (Å²) in [5, 5.41) is 3.54. The number of benzene rings is 2. The molecule has 2 aliphatic heterocycles. The predicted molar refractivity (Wildman–Crippen MR) is 103 cm³/mol. The first-order valence-corrected chi connectivity index (χ1v) is 9.34. The van der Waals surface area contributed by atoms with E-state index in [1.165, 1.54) is 0 Å². The molecular formula is C21H19N3O4. The summed E-state index contributed by atoms with van der Waals surface area (Å²) in [4.78, 5) is 29.9. The van der Waals surface area contributed by atoms with E-state index in [1.54, 1.807) is 22.8 Å². The van der Waals surface area contributed by atoms with Crippen LogP contribution in [0, 0.1) is 0 Å². The third-order valence-electron chi connectivity index (χ3n) is 5.32. The van der Waals surface area contributed by atoms with Crippen molar-refractivity contribution in [2.75, 3.05) is 6.79 Å². The molecule has 7 heteroatoms. The molecule has 1 atom stereocenters. The van der Waals surface area contributed by atoms with E-state index in [0.29, 0.717) is 34.5 Å². The van der Waals surface area contributed by atoms with Gasteiger partial charge >= 0.3 is 0 Å². The van der Waals surface area contributed by atoms with Gasteiger partial charge in [0.1, 0.15) is 5.82 Å². The average molecular weight is 377 g/mol. The van der Waals surface area contributed by atoms with Gasteiger partial charge in [-0.3, -0.25) is 14.2 Å². The van der Waals surface area contributed by atoms with Crippen LogP contribution < -0.4 is 20.3 Å². The molecule has 0 saturated heterocycles. The lowest BCUT2D eigenvalue weighted by molar-refractivity contribution is 0.0940. The van der Waals surface area contributed by atoms with Gasteiger partial charge in [-0.2, -0.15) is 0 Å². The Bertz CT molecular complexity index is 1170. The van der Waals surface area contributed by atoms with Crippen LogP contribution in [-0.2, 0) is 13.0 Å². The molecule has 0 unspecified atom stereocenters. The zero-order valence-corrected chi connectivity index (χ0v) is 15.4. The van der Waals surface area contributed by atoms with E-state index in [4.69, 9.17) is 9.47 Å². The van der Waals surface area contributed by atoms with E-state index in [1.807, 2.05) is 25.1 Å². The van der Waals surface area contributed by atoms with Gasteiger partial charge in [-0.15, -0.1) is 0 Å². The molecule has 5 rings (SSSR count). The van der Waals surface area contributed by atoms with Gasteiger partial charge in [0.25, 0.3) is 11.5 Å². The zero-order valence-electron chi connectivity index (χ0n) is 15.4. The van der Waals surface area contributed by atoms with Crippen molar-refractivity contribution in [3.05, 3.63) is 63.7 Å². The summed E-state index contributed by atoms with van der Waals surface area (Å²) in [7, 11) is 0. The fraction of sp³-hybridized carbons (Fsp3) is 0.286. The number of hydrogen-bond donors (Lipinski definition) is 1. The number of hydrogen-bond acceptors (Lipinski definition) is 5. The van der Waals surface area contributed by atoms with Gasteiger partial charge in [0.2, 0.25) is 6.79 Å². The molecule has 3 heterocycles. The molecule has 3 aromatic rings. The van der Waals surface area contributed by atoms with Gasteiger partial charge in [0.15, 0.2) is 11.5 Å². The molecule has 1 aromatic heterocycles. The molecule has 1 amide bonds. The highest BCUT2D eigenvalue weighted by molar-refractivity contribution is 5.97. The van der Waals surface area contributed by atoms with Gasteiger partial charge in [-0.25, -0.2) is 4.98 Å². The summed E-state index contributed by atoms with van der Waals surface area (Å²) in [6.07, 6.45) is 1.72. The fourth-order valence-electron chi connectivity index (χ4n) is 3.77. The number of aryl methyl sites for hydroxylation is 1. The van der Waals surface area contributed by atoms with E-state index < -0.39 is 0 Å². The predicted octanol–water partition coefficient (Wildman–Crippen LogP) is 2.56. The van der Waals surface area contributed by atoms with E-state index in [0.717, 1.165) is 24.2 Å². The van der Waals surface area contributed by atoms with E-state index in [2.05, 4.69) is 10.3 Å². The van der Waals surface area contributed by atoms with Crippen molar-refractivity contribution in [2.24, 2.45) is 0 Å². The summed E-state index contributed by atoms with van der Waals surface area (Å²) in [6, 6.07) is 10.5. The Morgan fingerprint density at radius 3 is 2.93 bits per heavy atom. The first-order valence-electron chi connectivity index (χ1n) is 9.34. The summed E-state index contributed by atoms with van der Waals surface area (Å²) < 4.78 is 12.4. The second-order valence-electron chi connectivity index (χ2n) is 7.13. The quantitative estimate of drug-likeness (QED) is 0.759. The second kappa shape index (κ2) is 6.37. The Morgan fingerprint density at radius 1 is 1.18 bits per heavy atom. The van der Waals surface area contributed by atoms with Crippen molar-refractivity contribution >= 4 is 16.8 Å². The van der Waals surface area contributed by atoms with Crippen molar-refractivity contribution in [3.8, 4) is 11.5 Å². The Morgan fingerprint density at radius 2 is 2.04 bits per heavy atom. The molecule has 0 bridgehead atoms. The monoisotopic (exact) mass is 377 g/mol. The Kier molecular flexibility index (Phi) is 3.82. The number of carbonyl (C=O) groups excluding carboxylic acids is 1. The Labute approximate surface area is 160 Å². The lowest BCUT2D eigenvalue weighted by atomic mass is 10.1. The lowest BCUT2D eigenvalue weighted by Gasteiger charge is -2.15. The normalized spacial score (nSPS) is 15.5. The van der Waals surface area contributed by atoms with Crippen LogP contribution in [0.1, 0.15) is 41.1 Å². The topological polar surface area (TPSA) is 82.5 Å². The van der Waals surface area contributed by atoms with Crippen LogP contribution >= 0.6 is 0 Å². The first kappa shape index (κ1) is 16.8. The Balaban J connectivity index is 1.41. The van der Waals surface area contributed by atoms with Gasteiger partial charge in [0.05, 0.1) is 16.9 Å². The standard InChI is InChI=1S/C21H19N3O4/c1-12(13-5-7-17-18(10-13)28-11-27-17)22-20(25)14-4-6-15-16(9-14)23-19-3-2-8-24(19)21(15)26/h4-7,9-10,12H,2-3,8,11H2,1H3,(H,22,25)/t12-/m0/s1. The number of aromatic nitrogens is 2. The van der Waals surface area contributed by atoms with Crippen LogP contribution in [0.5, 0.6) is 11.5 Å². The summed E-state index contributed by atoms with van der Waals surface area (Å²) in [6.45, 7) is 2.84. The van der Waals surface area contributed by atoms with Crippen LogP contribution in [0.3, 0.4) is 0 Å². The molecule has 0 fully saturated rings. The molecule has 0 aliphatic carbocycles. The SMILES string of the molecule is C[C@H](NC(=O)c1ccc2c(=O)n3c(nc2c1)CCC3)c1ccc2c(c1)OCO2. The van der Waals surface area contributed by atoms with Gasteiger partial charge in [-0.1, -0.05) is 6.07 Å². The van der Waals surface area contributed by atoms with Gasteiger partial charge in [0, 0.05) is 18.5 Å². The van der Waals surface area contributed by atoms with Crippen molar-refractivity contribution in [1.82, 2.24) is 14.9 Å². The van der Waals surface area contributed by atoms with E-state index in [9.17, 15) is 9.59 Å². The van der Waals surface area contributed by atoms with Crippen molar-refractivity contribution in [2.45, 2.75) is 32.4 Å². The maximum absolute atomic E-state index is 12.7. The number of amides is 1. The highest BCUT2D eigenvalue weighted by atomic mass is 16.7. The molecule has 0 spiro atoms. The summed E-state index contributed by atoms with van der Waals surface area (Å²) in [5.41, 5.74) is 1.95. The number of nitrogens with zero attached hydrogens (tertiary/aromatic N) is 2. The van der Waals surface area contributed by atoms with Crippen LogP contribution in [0.25, 0.3) is 10.9 Å². The summed E-state index contributed by atoms with van der Waals surface area (Å²) >= 11 is 0. The highest BCUT2D eigenvalue weighted by Crippen LogP contribution is 2.34. The van der Waals surface area contributed by atoms with Gasteiger partial charge < -0.3 is 14.8 Å². The van der Waals surface area contributed by atoms with Crippen molar-refractivity contribution in [1.29, 1.82) is 0 Å². The fourth-order valence-corrected chi connectivity index (χ4v) is 3.77. The van der Waals surface area contributed by atoms with Crippen LogP contribution in [0.4, 0.5) is 0 Å².